The van der Waals surface area contributed by atoms with Crippen molar-refractivity contribution in [2.45, 2.75) is 37.8 Å². The number of sulfonamides is 1. The minimum absolute atomic E-state index is 0.0293. The second-order valence-corrected chi connectivity index (χ2v) is 11.5. The van der Waals surface area contributed by atoms with Crippen molar-refractivity contribution in [1.82, 2.24) is 10.2 Å². The highest BCUT2D eigenvalue weighted by Crippen LogP contribution is 2.29. The van der Waals surface area contributed by atoms with E-state index in [0.717, 1.165) is 16.4 Å². The fraction of sp³-hybridized carbons (Fsp3) is 0.259. The molecule has 0 unspecified atom stereocenters. The van der Waals surface area contributed by atoms with Crippen LogP contribution in [0.3, 0.4) is 0 Å². The maximum absolute atomic E-state index is 13.9. The molecule has 2 amide bonds. The SMILES string of the molecule is CCCNC(=O)[C@H](C)N(Cc1c(Cl)cccc1Cl)C(=O)CN(c1ccc([N+](=O)[O-])cc1)S(=O)(=O)c1ccccc1. The van der Waals surface area contributed by atoms with E-state index in [1.165, 1.54) is 48.2 Å². The molecule has 40 heavy (non-hydrogen) atoms. The van der Waals surface area contributed by atoms with Crippen molar-refractivity contribution in [2.24, 2.45) is 0 Å². The van der Waals surface area contributed by atoms with Gasteiger partial charge in [0.1, 0.15) is 12.6 Å². The van der Waals surface area contributed by atoms with Gasteiger partial charge in [-0.05, 0) is 49.7 Å². The van der Waals surface area contributed by atoms with Crippen LogP contribution >= 0.6 is 23.2 Å². The van der Waals surface area contributed by atoms with Crippen molar-refractivity contribution in [1.29, 1.82) is 0 Å². The van der Waals surface area contributed by atoms with E-state index < -0.39 is 39.3 Å². The Morgan fingerprint density at radius 3 is 2.12 bits per heavy atom. The number of carbonyl (C=O) groups excluding carboxylic acids is 2. The van der Waals surface area contributed by atoms with Crippen molar-refractivity contribution in [3.05, 3.63) is 98.5 Å². The number of amides is 2. The van der Waals surface area contributed by atoms with E-state index >= 15 is 0 Å². The molecule has 10 nitrogen and oxygen atoms in total. The molecule has 1 N–H and O–H groups in total. The molecular formula is C27H28Cl2N4O6S. The first kappa shape index (κ1) is 30.9. The third kappa shape index (κ3) is 7.29. The predicted octanol–water partition coefficient (Wildman–Crippen LogP) is 5.04. The zero-order valence-corrected chi connectivity index (χ0v) is 24.1. The van der Waals surface area contributed by atoms with Gasteiger partial charge >= 0.3 is 0 Å². The first-order valence-electron chi connectivity index (χ1n) is 12.3. The van der Waals surface area contributed by atoms with Crippen LogP contribution in [0, 0.1) is 10.1 Å². The number of nitrogens with one attached hydrogen (secondary N) is 1. The minimum atomic E-state index is -4.30. The summed E-state index contributed by atoms with van der Waals surface area (Å²) in [6.07, 6.45) is 0.673. The number of non-ortho nitro benzene ring substituents is 1. The van der Waals surface area contributed by atoms with Crippen molar-refractivity contribution in [3.63, 3.8) is 0 Å². The van der Waals surface area contributed by atoms with Gasteiger partial charge in [0.05, 0.1) is 15.5 Å². The number of benzene rings is 3. The van der Waals surface area contributed by atoms with Crippen LogP contribution in [0.2, 0.25) is 10.0 Å². The Bertz CT molecular complexity index is 1450. The number of halogens is 2. The van der Waals surface area contributed by atoms with E-state index in [9.17, 15) is 28.1 Å². The normalized spacial score (nSPS) is 11.9. The van der Waals surface area contributed by atoms with Gasteiger partial charge in [0.15, 0.2) is 0 Å². The van der Waals surface area contributed by atoms with Crippen molar-refractivity contribution in [2.75, 3.05) is 17.4 Å². The summed E-state index contributed by atoms with van der Waals surface area (Å²) in [5.41, 5.74) is 0.173. The lowest BCUT2D eigenvalue weighted by molar-refractivity contribution is -0.384. The summed E-state index contributed by atoms with van der Waals surface area (Å²) in [5, 5.41) is 14.5. The number of nitro groups is 1. The molecule has 0 saturated heterocycles. The summed E-state index contributed by atoms with van der Waals surface area (Å²) in [4.78, 5) is 38.5. The quantitative estimate of drug-likeness (QED) is 0.227. The molecule has 0 fully saturated rings. The van der Waals surface area contributed by atoms with Gasteiger partial charge in [0, 0.05) is 40.8 Å². The van der Waals surface area contributed by atoms with Crippen molar-refractivity contribution < 1.29 is 22.9 Å². The zero-order chi connectivity index (χ0) is 29.4. The van der Waals surface area contributed by atoms with Gasteiger partial charge in [-0.15, -0.1) is 0 Å². The minimum Gasteiger partial charge on any atom is -0.354 e. The average Bonchev–Trinajstić information content (AvgIpc) is 2.94. The van der Waals surface area contributed by atoms with Crippen molar-refractivity contribution >= 4 is 56.4 Å². The standard InChI is InChI=1S/C27H28Cl2N4O6S/c1-3-16-30-27(35)19(2)31(17-23-24(28)10-7-11-25(23)29)26(34)18-32(20-12-14-21(15-13-20)33(36)37)40(38,39)22-8-5-4-6-9-22/h4-15,19H,3,16-18H2,1-2H3,(H,30,35)/t19-/m0/s1. The van der Waals surface area contributed by atoms with E-state index in [1.54, 1.807) is 24.3 Å². The Hall–Kier alpha value is -3.67. The molecule has 0 radical (unpaired) electrons. The van der Waals surface area contributed by atoms with Gasteiger partial charge in [-0.2, -0.15) is 0 Å². The van der Waals surface area contributed by atoms with E-state index in [-0.39, 0.29) is 32.9 Å². The number of nitrogens with zero attached hydrogens (tertiary/aromatic N) is 3. The molecule has 0 saturated carbocycles. The number of hydrogen-bond donors (Lipinski definition) is 1. The van der Waals surface area contributed by atoms with Gasteiger partial charge in [-0.25, -0.2) is 8.42 Å². The van der Waals surface area contributed by atoms with Crippen LogP contribution in [-0.2, 0) is 26.2 Å². The lowest BCUT2D eigenvalue weighted by Crippen LogP contribution is -2.51. The summed E-state index contributed by atoms with van der Waals surface area (Å²) in [7, 11) is -4.30. The first-order valence-corrected chi connectivity index (χ1v) is 14.5. The Kier molecular flexibility index (Phi) is 10.5. The van der Waals surface area contributed by atoms with Gasteiger partial charge < -0.3 is 10.2 Å². The van der Waals surface area contributed by atoms with E-state index in [4.69, 9.17) is 23.2 Å². The lowest BCUT2D eigenvalue weighted by atomic mass is 10.1. The summed E-state index contributed by atoms with van der Waals surface area (Å²) in [6, 6.07) is 16.1. The predicted molar refractivity (Wildman–Crippen MR) is 154 cm³/mol. The lowest BCUT2D eigenvalue weighted by Gasteiger charge is -2.32. The summed E-state index contributed by atoms with van der Waals surface area (Å²) >= 11 is 12.7. The van der Waals surface area contributed by atoms with Gasteiger partial charge in [-0.3, -0.25) is 24.0 Å². The summed E-state index contributed by atoms with van der Waals surface area (Å²) in [5.74, 6) is -1.15. The van der Waals surface area contributed by atoms with Crippen LogP contribution in [-0.4, -0.2) is 49.2 Å². The molecular weight excluding hydrogens is 579 g/mol. The van der Waals surface area contributed by atoms with E-state index in [0.29, 0.717) is 18.5 Å². The largest absolute Gasteiger partial charge is 0.354 e. The molecule has 3 aromatic carbocycles. The van der Waals surface area contributed by atoms with Gasteiger partial charge in [0.25, 0.3) is 15.7 Å². The molecule has 0 aliphatic carbocycles. The third-order valence-corrected chi connectivity index (χ3v) is 8.56. The number of hydrogen-bond acceptors (Lipinski definition) is 6. The second kappa shape index (κ2) is 13.6. The molecule has 0 aliphatic rings. The number of rotatable bonds is 12. The van der Waals surface area contributed by atoms with Crippen LogP contribution in [0.5, 0.6) is 0 Å². The Morgan fingerprint density at radius 2 is 1.57 bits per heavy atom. The summed E-state index contributed by atoms with van der Waals surface area (Å²) in [6.45, 7) is 2.92. The highest BCUT2D eigenvalue weighted by molar-refractivity contribution is 7.92. The second-order valence-electron chi connectivity index (χ2n) is 8.79. The molecule has 3 aromatic rings. The highest BCUT2D eigenvalue weighted by Gasteiger charge is 2.33. The van der Waals surface area contributed by atoms with Crippen LogP contribution in [0.25, 0.3) is 0 Å². The first-order chi connectivity index (χ1) is 19.0. The van der Waals surface area contributed by atoms with E-state index in [1.807, 2.05) is 6.92 Å². The summed E-state index contributed by atoms with van der Waals surface area (Å²) < 4.78 is 28.3. The molecule has 0 aliphatic heterocycles. The van der Waals surface area contributed by atoms with Crippen LogP contribution in [0.4, 0.5) is 11.4 Å². The maximum Gasteiger partial charge on any atom is 0.269 e. The fourth-order valence-electron chi connectivity index (χ4n) is 3.82. The topological polar surface area (TPSA) is 130 Å². The smallest absolute Gasteiger partial charge is 0.269 e. The van der Waals surface area contributed by atoms with Crippen LogP contribution in [0.15, 0.2) is 77.7 Å². The molecule has 0 aromatic heterocycles. The highest BCUT2D eigenvalue weighted by atomic mass is 35.5. The fourth-order valence-corrected chi connectivity index (χ4v) is 5.77. The molecule has 0 heterocycles. The molecule has 212 valence electrons. The Balaban J connectivity index is 2.06. The van der Waals surface area contributed by atoms with E-state index in [2.05, 4.69) is 5.32 Å². The number of nitro benzene ring substituents is 1. The molecule has 13 heteroatoms. The molecule has 1 atom stereocenters. The van der Waals surface area contributed by atoms with Crippen LogP contribution in [0.1, 0.15) is 25.8 Å². The number of carbonyl (C=O) groups is 2. The monoisotopic (exact) mass is 606 g/mol. The number of anilines is 1. The Labute approximate surface area is 242 Å². The third-order valence-electron chi connectivity index (χ3n) is 6.07. The maximum atomic E-state index is 13.9. The van der Waals surface area contributed by atoms with Crippen molar-refractivity contribution in [3.8, 4) is 0 Å². The molecule has 0 bridgehead atoms. The van der Waals surface area contributed by atoms with Gasteiger partial charge in [-0.1, -0.05) is 54.4 Å². The van der Waals surface area contributed by atoms with Gasteiger partial charge in [0.2, 0.25) is 11.8 Å². The molecule has 3 rings (SSSR count). The van der Waals surface area contributed by atoms with Crippen LogP contribution < -0.4 is 9.62 Å². The zero-order valence-electron chi connectivity index (χ0n) is 21.8. The Morgan fingerprint density at radius 1 is 0.975 bits per heavy atom. The average molecular weight is 608 g/mol. The molecule has 0 spiro atoms.